The lowest BCUT2D eigenvalue weighted by Crippen LogP contribution is -2.26. The fourth-order valence-electron chi connectivity index (χ4n) is 2.69. The Bertz CT molecular complexity index is 735. The molecule has 1 atom stereocenters. The minimum Gasteiger partial charge on any atom is -0.494 e. The molecule has 3 rings (SSSR count). The van der Waals surface area contributed by atoms with Crippen LogP contribution in [0.1, 0.15) is 23.7 Å². The van der Waals surface area contributed by atoms with Crippen molar-refractivity contribution >= 4 is 17.4 Å². The van der Waals surface area contributed by atoms with Gasteiger partial charge >= 0.3 is 0 Å². The summed E-state index contributed by atoms with van der Waals surface area (Å²) < 4.78 is 11.6. The number of Topliss-reactive ketones (excluding diaryl/α,β-unsaturated/α-hetero) is 1. The highest BCUT2D eigenvalue weighted by Gasteiger charge is 2.24. The summed E-state index contributed by atoms with van der Waals surface area (Å²) in [4.78, 5) is 17.0. The zero-order chi connectivity index (χ0) is 18.4. The van der Waals surface area contributed by atoms with E-state index in [4.69, 9.17) is 25.9 Å². The number of carbonyl (C=O) groups is 1. The standard InChI is InChI=1S/C20H22ClNO4/c1-15(23)16-4-2-5-19(12-16)24-11-3-10-22-13-20(14-25-22)26-18-8-6-17(21)7-9-18/h2,4-9,12,20H,3,10-11,13-14H2,1H3. The molecule has 0 N–H and O–H groups in total. The molecule has 0 aliphatic carbocycles. The highest BCUT2D eigenvalue weighted by Crippen LogP contribution is 2.19. The summed E-state index contributed by atoms with van der Waals surface area (Å²) in [6.45, 7) is 4.11. The lowest BCUT2D eigenvalue weighted by molar-refractivity contribution is -0.111. The first kappa shape index (κ1) is 18.7. The lowest BCUT2D eigenvalue weighted by atomic mass is 10.1. The minimum atomic E-state index is 0.00402. The Labute approximate surface area is 158 Å². The molecule has 0 saturated carbocycles. The molecule has 1 saturated heterocycles. The van der Waals surface area contributed by atoms with Crippen LogP contribution in [0.3, 0.4) is 0 Å². The van der Waals surface area contributed by atoms with Gasteiger partial charge in [-0.1, -0.05) is 23.7 Å². The largest absolute Gasteiger partial charge is 0.494 e. The van der Waals surface area contributed by atoms with Gasteiger partial charge in [-0.3, -0.25) is 9.63 Å². The minimum absolute atomic E-state index is 0.00402. The summed E-state index contributed by atoms with van der Waals surface area (Å²) in [6.07, 6.45) is 0.821. The van der Waals surface area contributed by atoms with Crippen molar-refractivity contribution in [3.8, 4) is 11.5 Å². The zero-order valence-corrected chi connectivity index (χ0v) is 15.4. The smallest absolute Gasteiger partial charge is 0.159 e. The SMILES string of the molecule is CC(=O)c1cccc(OCCCN2CC(Oc3ccc(Cl)cc3)CO2)c1. The number of hydrogen-bond acceptors (Lipinski definition) is 5. The summed E-state index contributed by atoms with van der Waals surface area (Å²) >= 11 is 5.87. The monoisotopic (exact) mass is 375 g/mol. The Morgan fingerprint density at radius 1 is 1.23 bits per heavy atom. The predicted molar refractivity (Wildman–Crippen MR) is 100.0 cm³/mol. The van der Waals surface area contributed by atoms with Gasteiger partial charge in [-0.25, -0.2) is 0 Å². The van der Waals surface area contributed by atoms with Crippen molar-refractivity contribution in [3.63, 3.8) is 0 Å². The van der Waals surface area contributed by atoms with Gasteiger partial charge in [0, 0.05) is 17.1 Å². The van der Waals surface area contributed by atoms with Crippen LogP contribution in [0.25, 0.3) is 0 Å². The van der Waals surface area contributed by atoms with Gasteiger partial charge in [0.2, 0.25) is 0 Å². The van der Waals surface area contributed by atoms with Crippen molar-refractivity contribution in [2.45, 2.75) is 19.4 Å². The van der Waals surface area contributed by atoms with Crippen molar-refractivity contribution in [1.82, 2.24) is 5.06 Å². The number of ketones is 1. The van der Waals surface area contributed by atoms with E-state index in [1.54, 1.807) is 19.1 Å². The fourth-order valence-corrected chi connectivity index (χ4v) is 2.82. The molecule has 0 amide bonds. The van der Waals surface area contributed by atoms with Crippen LogP contribution in [0.15, 0.2) is 48.5 Å². The molecule has 6 heteroatoms. The van der Waals surface area contributed by atoms with Crippen LogP contribution in [-0.4, -0.2) is 43.3 Å². The van der Waals surface area contributed by atoms with Gasteiger partial charge in [0.1, 0.15) is 24.2 Å². The summed E-state index contributed by atoms with van der Waals surface area (Å²) in [5, 5.41) is 2.59. The van der Waals surface area contributed by atoms with Gasteiger partial charge < -0.3 is 9.47 Å². The Kier molecular flexibility index (Phi) is 6.50. The third-order valence-corrected chi connectivity index (χ3v) is 4.28. The molecule has 26 heavy (non-hydrogen) atoms. The van der Waals surface area contributed by atoms with E-state index >= 15 is 0 Å². The van der Waals surface area contributed by atoms with Crippen LogP contribution < -0.4 is 9.47 Å². The summed E-state index contributed by atoms with van der Waals surface area (Å²) in [5.41, 5.74) is 0.660. The maximum Gasteiger partial charge on any atom is 0.159 e. The molecule has 2 aromatic rings. The predicted octanol–water partition coefficient (Wildman–Crippen LogP) is 4.01. The number of nitrogens with zero attached hydrogens (tertiary/aromatic N) is 1. The van der Waals surface area contributed by atoms with E-state index in [0.717, 1.165) is 18.7 Å². The average Bonchev–Trinajstić information content (AvgIpc) is 3.08. The second kappa shape index (κ2) is 9.03. The van der Waals surface area contributed by atoms with Crippen LogP contribution in [0.5, 0.6) is 11.5 Å². The van der Waals surface area contributed by atoms with Gasteiger partial charge in [-0.2, -0.15) is 5.06 Å². The average molecular weight is 376 g/mol. The number of rotatable bonds is 8. The number of hydrogen-bond donors (Lipinski definition) is 0. The van der Waals surface area contributed by atoms with Gasteiger partial charge in [0.25, 0.3) is 0 Å². The number of benzene rings is 2. The summed E-state index contributed by atoms with van der Waals surface area (Å²) in [5.74, 6) is 1.54. The normalized spacial score (nSPS) is 17.2. The molecule has 1 aliphatic rings. The Morgan fingerprint density at radius 2 is 2.04 bits per heavy atom. The van der Waals surface area contributed by atoms with Gasteiger partial charge in [0.15, 0.2) is 5.78 Å². The highest BCUT2D eigenvalue weighted by atomic mass is 35.5. The van der Waals surface area contributed by atoms with E-state index in [2.05, 4.69) is 0 Å². The zero-order valence-electron chi connectivity index (χ0n) is 14.7. The number of carbonyl (C=O) groups excluding carboxylic acids is 1. The highest BCUT2D eigenvalue weighted by molar-refractivity contribution is 6.30. The van der Waals surface area contributed by atoms with Crippen LogP contribution in [-0.2, 0) is 4.84 Å². The number of hydroxylamine groups is 2. The van der Waals surface area contributed by atoms with Crippen LogP contribution in [0.2, 0.25) is 5.02 Å². The Balaban J connectivity index is 1.36. The second-order valence-electron chi connectivity index (χ2n) is 6.16. The lowest BCUT2D eigenvalue weighted by Gasteiger charge is -2.15. The molecule has 1 fully saturated rings. The molecule has 138 valence electrons. The summed E-state index contributed by atoms with van der Waals surface area (Å²) in [7, 11) is 0. The van der Waals surface area contributed by atoms with E-state index < -0.39 is 0 Å². The van der Waals surface area contributed by atoms with Crippen LogP contribution in [0.4, 0.5) is 0 Å². The first-order valence-electron chi connectivity index (χ1n) is 8.64. The molecule has 0 aromatic heterocycles. The number of halogens is 1. The molecule has 1 aliphatic heterocycles. The van der Waals surface area contributed by atoms with E-state index in [9.17, 15) is 4.79 Å². The summed E-state index contributed by atoms with van der Waals surface area (Å²) in [6, 6.07) is 14.6. The number of ether oxygens (including phenoxy) is 2. The maximum absolute atomic E-state index is 11.4. The maximum atomic E-state index is 11.4. The van der Waals surface area contributed by atoms with Gasteiger partial charge in [-0.05, 0) is 49.7 Å². The second-order valence-corrected chi connectivity index (χ2v) is 6.60. The Morgan fingerprint density at radius 3 is 2.81 bits per heavy atom. The van der Waals surface area contributed by atoms with Crippen LogP contribution >= 0.6 is 11.6 Å². The molecule has 0 radical (unpaired) electrons. The molecule has 1 unspecified atom stereocenters. The molecule has 5 nitrogen and oxygen atoms in total. The third kappa shape index (κ3) is 5.46. The van der Waals surface area contributed by atoms with E-state index in [1.165, 1.54) is 0 Å². The van der Waals surface area contributed by atoms with Crippen LogP contribution in [0, 0.1) is 0 Å². The molecule has 1 heterocycles. The molecule has 0 spiro atoms. The van der Waals surface area contributed by atoms with Crippen molar-refractivity contribution in [2.75, 3.05) is 26.3 Å². The fraction of sp³-hybridized carbons (Fsp3) is 0.350. The van der Waals surface area contributed by atoms with E-state index in [1.807, 2.05) is 41.5 Å². The topological polar surface area (TPSA) is 48.0 Å². The van der Waals surface area contributed by atoms with Crippen molar-refractivity contribution < 1.29 is 19.1 Å². The van der Waals surface area contributed by atoms with E-state index in [-0.39, 0.29) is 11.9 Å². The first-order valence-corrected chi connectivity index (χ1v) is 9.02. The molecular weight excluding hydrogens is 354 g/mol. The molecular formula is C20H22ClNO4. The first-order chi connectivity index (χ1) is 12.6. The van der Waals surface area contributed by atoms with Gasteiger partial charge in [0.05, 0.1) is 13.2 Å². The molecule has 2 aromatic carbocycles. The Hall–Kier alpha value is -2.08. The molecule has 0 bridgehead atoms. The van der Waals surface area contributed by atoms with Gasteiger partial charge in [-0.15, -0.1) is 0 Å². The van der Waals surface area contributed by atoms with Crippen molar-refractivity contribution in [3.05, 3.63) is 59.1 Å². The third-order valence-electron chi connectivity index (χ3n) is 4.03. The van der Waals surface area contributed by atoms with Crippen molar-refractivity contribution in [1.29, 1.82) is 0 Å². The van der Waals surface area contributed by atoms with Crippen molar-refractivity contribution in [2.24, 2.45) is 0 Å². The van der Waals surface area contributed by atoms with E-state index in [0.29, 0.717) is 36.1 Å². The quantitative estimate of drug-likeness (QED) is 0.515.